The molecular weight excluding hydrogens is 469 g/mol. The molecule has 0 fully saturated rings. The highest BCUT2D eigenvalue weighted by molar-refractivity contribution is 7.47. The van der Waals surface area contributed by atoms with E-state index in [0.29, 0.717) is 6.61 Å². The van der Waals surface area contributed by atoms with Gasteiger partial charge >= 0.3 is 7.82 Å². The number of allylic oxidation sites excluding steroid dienone is 2. The van der Waals surface area contributed by atoms with Gasteiger partial charge in [0.05, 0.1) is 26.2 Å². The molecule has 216 valence electrons. The molecule has 0 aromatic carbocycles. The van der Waals surface area contributed by atoms with Gasteiger partial charge in [0.2, 0.25) is 0 Å². The first kappa shape index (κ1) is 35.8. The molecule has 0 aliphatic rings. The molecule has 0 heterocycles. The molecule has 0 aliphatic heterocycles. The fourth-order valence-corrected chi connectivity index (χ4v) is 5.52. The summed E-state index contributed by atoms with van der Waals surface area (Å²) < 4.78 is 23.3. The third-order valence-corrected chi connectivity index (χ3v) is 8.76. The predicted molar refractivity (Wildman–Crippen MR) is 156 cm³/mol. The van der Waals surface area contributed by atoms with Gasteiger partial charge in [-0.1, -0.05) is 103 Å². The quantitative estimate of drug-likeness (QED) is 0.0472. The Labute approximate surface area is 225 Å². The molecule has 0 rings (SSSR count). The SMILES string of the molecule is CCCCCCCC/C=C\CCCCCCCCCCCCOP(=O)(O)OCC[N+](CC)(CC)CC. The van der Waals surface area contributed by atoms with Crippen molar-refractivity contribution in [3.63, 3.8) is 0 Å². The van der Waals surface area contributed by atoms with E-state index in [4.69, 9.17) is 9.05 Å². The Hall–Kier alpha value is -0.190. The zero-order valence-corrected chi connectivity index (χ0v) is 25.6. The minimum atomic E-state index is -3.92. The monoisotopic (exact) mass is 532 g/mol. The molecule has 0 radical (unpaired) electrons. The first-order valence-corrected chi connectivity index (χ1v) is 17.1. The van der Waals surface area contributed by atoms with Crippen LogP contribution in [0.25, 0.3) is 0 Å². The summed E-state index contributed by atoms with van der Waals surface area (Å²) in [6, 6.07) is 0. The molecule has 1 atom stereocenters. The van der Waals surface area contributed by atoms with Crippen LogP contribution in [-0.4, -0.2) is 48.8 Å². The third-order valence-electron chi connectivity index (χ3n) is 7.74. The van der Waals surface area contributed by atoms with E-state index in [1.54, 1.807) is 0 Å². The summed E-state index contributed by atoms with van der Waals surface area (Å²) in [6.07, 6.45) is 28.0. The van der Waals surface area contributed by atoms with Crippen molar-refractivity contribution in [2.45, 2.75) is 143 Å². The summed E-state index contributed by atoms with van der Waals surface area (Å²) in [6.45, 7) is 13.1. The van der Waals surface area contributed by atoms with E-state index < -0.39 is 7.82 Å². The number of nitrogens with zero attached hydrogens (tertiary/aromatic N) is 1. The maximum atomic E-state index is 12.1. The molecule has 5 nitrogen and oxygen atoms in total. The molecule has 0 aliphatic carbocycles. The van der Waals surface area contributed by atoms with Gasteiger partial charge in [0.1, 0.15) is 13.2 Å². The van der Waals surface area contributed by atoms with Crippen LogP contribution >= 0.6 is 7.82 Å². The van der Waals surface area contributed by atoms with Crippen LogP contribution in [0.1, 0.15) is 143 Å². The molecule has 0 saturated heterocycles. The smallest absolute Gasteiger partial charge is 0.322 e. The molecule has 0 saturated carbocycles. The molecule has 0 aromatic heterocycles. The molecule has 0 spiro atoms. The van der Waals surface area contributed by atoms with Crippen molar-refractivity contribution in [3.05, 3.63) is 12.2 Å². The Balaban J connectivity index is 3.43. The van der Waals surface area contributed by atoms with Crippen molar-refractivity contribution in [1.82, 2.24) is 0 Å². The number of hydrogen-bond donors (Lipinski definition) is 1. The van der Waals surface area contributed by atoms with Gasteiger partial charge in [-0.3, -0.25) is 9.05 Å². The van der Waals surface area contributed by atoms with Crippen molar-refractivity contribution < 1.29 is 23.0 Å². The van der Waals surface area contributed by atoms with Gasteiger partial charge in [-0.05, 0) is 52.9 Å². The number of phosphoric ester groups is 1. The van der Waals surface area contributed by atoms with Crippen LogP contribution in [0, 0.1) is 0 Å². The van der Waals surface area contributed by atoms with Gasteiger partial charge in [0.15, 0.2) is 0 Å². The second kappa shape index (κ2) is 25.1. The maximum absolute atomic E-state index is 12.1. The Morgan fingerprint density at radius 1 is 0.583 bits per heavy atom. The standard InChI is InChI=1S/C30H62NO4P/c1-5-9-10-11-12-13-14-15-16-17-18-19-20-21-22-23-24-25-26-27-29-34-36(32,33)35-30-28-31(6-2,7-3)8-4/h15-16H,5-14,17-30H2,1-4H3/p+1/b16-15-. The van der Waals surface area contributed by atoms with E-state index in [9.17, 15) is 9.46 Å². The third kappa shape index (κ3) is 21.9. The lowest BCUT2D eigenvalue weighted by molar-refractivity contribution is -0.923. The van der Waals surface area contributed by atoms with Crippen LogP contribution in [-0.2, 0) is 13.6 Å². The highest BCUT2D eigenvalue weighted by Gasteiger charge is 2.25. The molecule has 1 N–H and O–H groups in total. The Morgan fingerprint density at radius 3 is 1.42 bits per heavy atom. The first-order valence-electron chi connectivity index (χ1n) is 15.6. The molecule has 0 aromatic rings. The fraction of sp³-hybridized carbons (Fsp3) is 0.933. The summed E-state index contributed by atoms with van der Waals surface area (Å²) >= 11 is 0. The molecule has 0 bridgehead atoms. The maximum Gasteiger partial charge on any atom is 0.472 e. The second-order valence-corrected chi connectivity index (χ2v) is 12.0. The summed E-state index contributed by atoms with van der Waals surface area (Å²) in [5.41, 5.74) is 0. The van der Waals surface area contributed by atoms with Crippen LogP contribution in [0.2, 0.25) is 0 Å². The average Bonchev–Trinajstić information content (AvgIpc) is 2.87. The van der Waals surface area contributed by atoms with E-state index in [1.807, 2.05) is 0 Å². The lowest BCUT2D eigenvalue weighted by atomic mass is 10.1. The van der Waals surface area contributed by atoms with E-state index in [0.717, 1.165) is 43.5 Å². The van der Waals surface area contributed by atoms with Crippen molar-refractivity contribution >= 4 is 7.82 Å². The van der Waals surface area contributed by atoms with Gasteiger partial charge in [-0.15, -0.1) is 0 Å². The summed E-state index contributed by atoms with van der Waals surface area (Å²) in [5, 5.41) is 0. The summed E-state index contributed by atoms with van der Waals surface area (Å²) in [4.78, 5) is 9.89. The Morgan fingerprint density at radius 2 is 0.972 bits per heavy atom. The number of unbranched alkanes of at least 4 members (excludes halogenated alkanes) is 16. The number of rotatable bonds is 28. The van der Waals surface area contributed by atoms with Crippen molar-refractivity contribution in [2.24, 2.45) is 0 Å². The summed E-state index contributed by atoms with van der Waals surface area (Å²) in [5.74, 6) is 0. The second-order valence-electron chi connectivity index (χ2n) is 10.5. The normalized spacial score (nSPS) is 14.0. The van der Waals surface area contributed by atoms with Crippen LogP contribution < -0.4 is 0 Å². The van der Waals surface area contributed by atoms with Crippen LogP contribution in [0.15, 0.2) is 12.2 Å². The zero-order chi connectivity index (χ0) is 26.8. The van der Waals surface area contributed by atoms with Crippen LogP contribution in [0.3, 0.4) is 0 Å². The number of hydrogen-bond acceptors (Lipinski definition) is 3. The average molecular weight is 533 g/mol. The molecular formula is C30H63NO4P+. The fourth-order valence-electron chi connectivity index (χ4n) is 4.77. The topological polar surface area (TPSA) is 55.8 Å². The summed E-state index contributed by atoms with van der Waals surface area (Å²) in [7, 11) is -3.92. The minimum absolute atomic E-state index is 0.263. The molecule has 1 unspecified atom stereocenters. The van der Waals surface area contributed by atoms with Gasteiger partial charge in [-0.2, -0.15) is 0 Å². The highest BCUT2D eigenvalue weighted by Crippen LogP contribution is 2.43. The van der Waals surface area contributed by atoms with Gasteiger partial charge in [0.25, 0.3) is 0 Å². The zero-order valence-electron chi connectivity index (χ0n) is 24.7. The number of quaternary nitrogens is 1. The Bertz CT molecular complexity index is 529. The molecule has 0 amide bonds. The van der Waals surface area contributed by atoms with Gasteiger partial charge in [0, 0.05) is 0 Å². The van der Waals surface area contributed by atoms with E-state index in [2.05, 4.69) is 39.8 Å². The van der Waals surface area contributed by atoms with Crippen LogP contribution in [0.4, 0.5) is 0 Å². The van der Waals surface area contributed by atoms with Gasteiger partial charge < -0.3 is 9.38 Å². The van der Waals surface area contributed by atoms with Crippen LogP contribution in [0.5, 0.6) is 0 Å². The van der Waals surface area contributed by atoms with E-state index >= 15 is 0 Å². The van der Waals surface area contributed by atoms with E-state index in [1.165, 1.54) is 103 Å². The lowest BCUT2D eigenvalue weighted by Gasteiger charge is -2.35. The molecule has 36 heavy (non-hydrogen) atoms. The van der Waals surface area contributed by atoms with Crippen molar-refractivity contribution in [1.29, 1.82) is 0 Å². The largest absolute Gasteiger partial charge is 0.472 e. The minimum Gasteiger partial charge on any atom is -0.322 e. The Kier molecular flexibility index (Phi) is 25.0. The predicted octanol–water partition coefficient (Wildman–Crippen LogP) is 9.59. The number of phosphoric acid groups is 1. The number of likely N-dealkylation sites (N-methyl/N-ethyl adjacent to an activating group) is 1. The van der Waals surface area contributed by atoms with E-state index in [-0.39, 0.29) is 6.61 Å². The lowest BCUT2D eigenvalue weighted by Crippen LogP contribution is -2.49. The first-order chi connectivity index (χ1) is 17.4. The highest BCUT2D eigenvalue weighted by atomic mass is 31.2. The van der Waals surface area contributed by atoms with Gasteiger partial charge in [-0.25, -0.2) is 4.57 Å². The molecule has 6 heteroatoms. The van der Waals surface area contributed by atoms with Crippen molar-refractivity contribution in [2.75, 3.05) is 39.4 Å². The van der Waals surface area contributed by atoms with Crippen molar-refractivity contribution in [3.8, 4) is 0 Å².